The standard InChI is InChI=1S/C20H22N2O6S/c1-26-11-8-16-21-18-17(15(12-29-18)20(24)25)19(23)22(16)9-3-10-28-14-6-4-13(27-2)5-7-14/h4-7,12H,3,8-11H2,1-2H3,(H,24,25). The number of aromatic nitrogens is 2. The van der Waals surface area contributed by atoms with Crippen molar-refractivity contribution < 1.29 is 24.1 Å². The first kappa shape index (κ1) is 20.8. The quantitative estimate of drug-likeness (QED) is 0.505. The summed E-state index contributed by atoms with van der Waals surface area (Å²) in [5.41, 5.74) is -0.353. The zero-order valence-corrected chi connectivity index (χ0v) is 17.0. The van der Waals surface area contributed by atoms with Crippen LogP contribution in [0, 0.1) is 0 Å². The summed E-state index contributed by atoms with van der Waals surface area (Å²) >= 11 is 1.16. The summed E-state index contributed by atoms with van der Waals surface area (Å²) in [7, 11) is 3.18. The number of carboxylic acids is 1. The molecule has 0 aliphatic rings. The van der Waals surface area contributed by atoms with E-state index in [9.17, 15) is 14.7 Å². The number of methoxy groups -OCH3 is 2. The fourth-order valence-electron chi connectivity index (χ4n) is 2.92. The molecule has 0 fully saturated rings. The van der Waals surface area contributed by atoms with E-state index >= 15 is 0 Å². The maximum atomic E-state index is 13.0. The minimum Gasteiger partial charge on any atom is -0.497 e. The molecule has 9 heteroatoms. The van der Waals surface area contributed by atoms with Gasteiger partial charge >= 0.3 is 5.97 Å². The third-order valence-corrected chi connectivity index (χ3v) is 5.26. The first-order valence-electron chi connectivity index (χ1n) is 9.05. The minimum atomic E-state index is -1.13. The Morgan fingerprint density at radius 1 is 1.17 bits per heavy atom. The van der Waals surface area contributed by atoms with Crippen LogP contribution in [0.4, 0.5) is 0 Å². The molecule has 0 bridgehead atoms. The normalized spacial score (nSPS) is 11.0. The number of thiophene rings is 1. The topological polar surface area (TPSA) is 99.9 Å². The summed E-state index contributed by atoms with van der Waals surface area (Å²) < 4.78 is 17.5. The number of hydrogen-bond donors (Lipinski definition) is 1. The smallest absolute Gasteiger partial charge is 0.337 e. The van der Waals surface area contributed by atoms with Crippen molar-refractivity contribution >= 4 is 27.5 Å². The highest BCUT2D eigenvalue weighted by Crippen LogP contribution is 2.22. The molecule has 0 aliphatic heterocycles. The van der Waals surface area contributed by atoms with Gasteiger partial charge in [-0.05, 0) is 30.7 Å². The van der Waals surface area contributed by atoms with Gasteiger partial charge in [-0.1, -0.05) is 0 Å². The molecular weight excluding hydrogens is 396 g/mol. The van der Waals surface area contributed by atoms with Crippen molar-refractivity contribution in [1.29, 1.82) is 0 Å². The highest BCUT2D eigenvalue weighted by molar-refractivity contribution is 7.17. The number of nitrogens with zero attached hydrogens (tertiary/aromatic N) is 2. The van der Waals surface area contributed by atoms with E-state index in [-0.39, 0.29) is 16.5 Å². The van der Waals surface area contributed by atoms with Crippen molar-refractivity contribution in [2.75, 3.05) is 27.4 Å². The lowest BCUT2D eigenvalue weighted by Crippen LogP contribution is -2.27. The van der Waals surface area contributed by atoms with E-state index in [1.165, 1.54) is 9.95 Å². The Morgan fingerprint density at radius 2 is 1.90 bits per heavy atom. The molecule has 1 N–H and O–H groups in total. The summed E-state index contributed by atoms with van der Waals surface area (Å²) in [5, 5.41) is 11.0. The van der Waals surface area contributed by atoms with Crippen LogP contribution < -0.4 is 15.0 Å². The van der Waals surface area contributed by atoms with Gasteiger partial charge in [0.05, 0.1) is 31.3 Å². The summed E-state index contributed by atoms with van der Waals surface area (Å²) in [6.45, 7) is 1.18. The largest absolute Gasteiger partial charge is 0.497 e. The van der Waals surface area contributed by atoms with Gasteiger partial charge in [0.2, 0.25) is 0 Å². The van der Waals surface area contributed by atoms with Crippen molar-refractivity contribution in [3.05, 3.63) is 51.4 Å². The van der Waals surface area contributed by atoms with Gasteiger partial charge in [-0.15, -0.1) is 11.3 Å². The molecule has 0 radical (unpaired) electrons. The van der Waals surface area contributed by atoms with Crippen LogP contribution in [0.2, 0.25) is 0 Å². The highest BCUT2D eigenvalue weighted by Gasteiger charge is 2.19. The second-order valence-electron chi connectivity index (χ2n) is 6.24. The van der Waals surface area contributed by atoms with E-state index in [2.05, 4.69) is 4.98 Å². The van der Waals surface area contributed by atoms with Crippen LogP contribution in [0.15, 0.2) is 34.4 Å². The zero-order valence-electron chi connectivity index (χ0n) is 16.2. The Labute approximate surface area is 171 Å². The first-order chi connectivity index (χ1) is 14.0. The van der Waals surface area contributed by atoms with Crippen molar-refractivity contribution in [2.24, 2.45) is 0 Å². The van der Waals surface area contributed by atoms with Gasteiger partial charge in [0.1, 0.15) is 22.2 Å². The van der Waals surface area contributed by atoms with Crippen LogP contribution >= 0.6 is 11.3 Å². The second kappa shape index (κ2) is 9.53. The zero-order chi connectivity index (χ0) is 20.8. The molecule has 0 saturated heterocycles. The Hall–Kier alpha value is -2.91. The number of fused-ring (bicyclic) bond motifs is 1. The van der Waals surface area contributed by atoms with Crippen LogP contribution in [-0.2, 0) is 17.7 Å². The Balaban J connectivity index is 1.78. The predicted octanol–water partition coefficient (Wildman–Crippen LogP) is 2.82. The average molecular weight is 418 g/mol. The molecule has 0 amide bonds. The SMILES string of the molecule is COCCc1nc2scc(C(=O)O)c2c(=O)n1CCCOc1ccc(OC)cc1. The van der Waals surface area contributed by atoms with E-state index in [4.69, 9.17) is 14.2 Å². The summed E-state index contributed by atoms with van der Waals surface area (Å²) in [5.74, 6) is 0.898. The molecule has 0 saturated carbocycles. The number of hydrogen-bond acceptors (Lipinski definition) is 7. The fraction of sp³-hybridized carbons (Fsp3) is 0.350. The molecule has 0 spiro atoms. The van der Waals surface area contributed by atoms with E-state index < -0.39 is 5.97 Å². The lowest BCUT2D eigenvalue weighted by atomic mass is 10.2. The molecule has 29 heavy (non-hydrogen) atoms. The Bertz CT molecular complexity index is 1040. The molecule has 0 atom stereocenters. The lowest BCUT2D eigenvalue weighted by molar-refractivity contribution is 0.0699. The fourth-order valence-corrected chi connectivity index (χ4v) is 3.84. The summed E-state index contributed by atoms with van der Waals surface area (Å²) in [4.78, 5) is 29.4. The number of aromatic carboxylic acids is 1. The van der Waals surface area contributed by atoms with Crippen LogP contribution in [0.25, 0.3) is 10.2 Å². The minimum absolute atomic E-state index is 0.0102. The van der Waals surface area contributed by atoms with Gasteiger partial charge < -0.3 is 19.3 Å². The van der Waals surface area contributed by atoms with E-state index in [1.54, 1.807) is 14.2 Å². The van der Waals surface area contributed by atoms with Crippen molar-refractivity contribution in [2.45, 2.75) is 19.4 Å². The van der Waals surface area contributed by atoms with Crippen LogP contribution in [0.5, 0.6) is 11.5 Å². The predicted molar refractivity (Wildman–Crippen MR) is 110 cm³/mol. The molecule has 0 unspecified atom stereocenters. The highest BCUT2D eigenvalue weighted by atomic mass is 32.1. The van der Waals surface area contributed by atoms with Gasteiger partial charge in [0.15, 0.2) is 0 Å². The van der Waals surface area contributed by atoms with E-state index in [1.807, 2.05) is 24.3 Å². The van der Waals surface area contributed by atoms with E-state index in [0.717, 1.165) is 17.1 Å². The van der Waals surface area contributed by atoms with Crippen LogP contribution in [0.3, 0.4) is 0 Å². The van der Waals surface area contributed by atoms with Crippen molar-refractivity contribution in [3.8, 4) is 11.5 Å². The first-order valence-corrected chi connectivity index (χ1v) is 9.93. The van der Waals surface area contributed by atoms with E-state index in [0.29, 0.717) is 49.0 Å². The van der Waals surface area contributed by atoms with Crippen molar-refractivity contribution in [1.82, 2.24) is 9.55 Å². The second-order valence-corrected chi connectivity index (χ2v) is 7.10. The van der Waals surface area contributed by atoms with Gasteiger partial charge in [-0.25, -0.2) is 9.78 Å². The molecule has 1 aromatic carbocycles. The molecule has 2 heterocycles. The Morgan fingerprint density at radius 3 is 2.55 bits per heavy atom. The maximum Gasteiger partial charge on any atom is 0.337 e. The molecule has 154 valence electrons. The summed E-state index contributed by atoms with van der Waals surface area (Å²) in [6.07, 6.45) is 1.02. The van der Waals surface area contributed by atoms with Crippen LogP contribution in [0.1, 0.15) is 22.6 Å². The van der Waals surface area contributed by atoms with Gasteiger partial charge in [-0.3, -0.25) is 9.36 Å². The number of carboxylic acid groups (broad SMARTS) is 1. The number of rotatable bonds is 10. The van der Waals surface area contributed by atoms with Gasteiger partial charge in [0.25, 0.3) is 5.56 Å². The summed E-state index contributed by atoms with van der Waals surface area (Å²) in [6, 6.07) is 7.25. The van der Waals surface area contributed by atoms with Gasteiger partial charge in [-0.2, -0.15) is 0 Å². The molecule has 2 aromatic heterocycles. The third-order valence-electron chi connectivity index (χ3n) is 4.39. The Kier molecular flexibility index (Phi) is 6.84. The maximum absolute atomic E-state index is 13.0. The molecule has 3 rings (SSSR count). The third kappa shape index (κ3) is 4.75. The molecule has 8 nitrogen and oxygen atoms in total. The van der Waals surface area contributed by atoms with Crippen LogP contribution in [-0.4, -0.2) is 48.1 Å². The average Bonchev–Trinajstić information content (AvgIpc) is 3.16. The molecule has 0 aliphatic carbocycles. The van der Waals surface area contributed by atoms with Gasteiger partial charge in [0, 0.05) is 25.5 Å². The monoisotopic (exact) mass is 418 g/mol. The lowest BCUT2D eigenvalue weighted by Gasteiger charge is -2.13. The molecule has 3 aromatic rings. The number of ether oxygens (including phenoxy) is 3. The molecular formula is C20H22N2O6S. The number of carbonyl (C=O) groups is 1. The van der Waals surface area contributed by atoms with Crippen molar-refractivity contribution in [3.63, 3.8) is 0 Å². The number of benzene rings is 1.